The van der Waals surface area contributed by atoms with Crippen LogP contribution < -0.4 is 20.1 Å². The number of hydrogen-bond donors (Lipinski definition) is 2. The number of carbonyl (C=O) groups excluding carboxylic acids is 1. The van der Waals surface area contributed by atoms with Gasteiger partial charge in [-0.2, -0.15) is 0 Å². The van der Waals surface area contributed by atoms with E-state index in [2.05, 4.69) is 20.6 Å². The van der Waals surface area contributed by atoms with Gasteiger partial charge in [-0.15, -0.1) is 0 Å². The molecule has 0 bridgehead atoms. The molecule has 1 aromatic heterocycles. The van der Waals surface area contributed by atoms with Crippen LogP contribution in [0.2, 0.25) is 0 Å². The molecule has 0 spiro atoms. The SMILES string of the molecule is COc1ccc(CCNC(=O)c2cc(Nc3cccc(F)c3)ncn2)cc1OC. The van der Waals surface area contributed by atoms with Gasteiger partial charge in [0.1, 0.15) is 23.7 Å². The highest BCUT2D eigenvalue weighted by atomic mass is 19.1. The molecule has 3 rings (SSSR count). The molecule has 150 valence electrons. The second-order valence-electron chi connectivity index (χ2n) is 6.12. The molecule has 7 nitrogen and oxygen atoms in total. The van der Waals surface area contributed by atoms with Gasteiger partial charge in [-0.3, -0.25) is 4.79 Å². The molecule has 0 aliphatic heterocycles. The van der Waals surface area contributed by atoms with Crippen LogP contribution in [0.5, 0.6) is 11.5 Å². The van der Waals surface area contributed by atoms with Gasteiger partial charge in [0, 0.05) is 18.3 Å². The number of nitrogens with zero attached hydrogens (tertiary/aromatic N) is 2. The molecule has 1 heterocycles. The largest absolute Gasteiger partial charge is 0.493 e. The zero-order valence-electron chi connectivity index (χ0n) is 16.1. The first-order valence-corrected chi connectivity index (χ1v) is 8.93. The molecule has 0 unspecified atom stereocenters. The highest BCUT2D eigenvalue weighted by Crippen LogP contribution is 2.27. The Balaban J connectivity index is 1.58. The Morgan fingerprint density at radius 3 is 2.62 bits per heavy atom. The van der Waals surface area contributed by atoms with Crippen molar-refractivity contribution in [3.63, 3.8) is 0 Å². The second-order valence-corrected chi connectivity index (χ2v) is 6.12. The van der Waals surface area contributed by atoms with Gasteiger partial charge in [0.2, 0.25) is 0 Å². The van der Waals surface area contributed by atoms with E-state index in [0.29, 0.717) is 36.0 Å². The first-order chi connectivity index (χ1) is 14.1. The van der Waals surface area contributed by atoms with E-state index < -0.39 is 0 Å². The fraction of sp³-hybridized carbons (Fsp3) is 0.190. The highest BCUT2D eigenvalue weighted by Gasteiger charge is 2.10. The van der Waals surface area contributed by atoms with Gasteiger partial charge in [0.15, 0.2) is 11.5 Å². The number of rotatable bonds is 8. The lowest BCUT2D eigenvalue weighted by molar-refractivity contribution is 0.0949. The fourth-order valence-electron chi connectivity index (χ4n) is 2.71. The summed E-state index contributed by atoms with van der Waals surface area (Å²) in [6.07, 6.45) is 1.90. The minimum absolute atomic E-state index is 0.214. The molecule has 1 amide bonds. The van der Waals surface area contributed by atoms with Crippen molar-refractivity contribution in [1.29, 1.82) is 0 Å². The predicted molar refractivity (Wildman–Crippen MR) is 107 cm³/mol. The van der Waals surface area contributed by atoms with Crippen LogP contribution in [-0.4, -0.2) is 36.6 Å². The van der Waals surface area contributed by atoms with Gasteiger partial charge >= 0.3 is 0 Å². The van der Waals surface area contributed by atoms with Crippen molar-refractivity contribution >= 4 is 17.4 Å². The Bertz CT molecular complexity index is 997. The molecular weight excluding hydrogens is 375 g/mol. The van der Waals surface area contributed by atoms with Crippen molar-refractivity contribution in [2.75, 3.05) is 26.1 Å². The van der Waals surface area contributed by atoms with E-state index in [1.165, 1.54) is 24.5 Å². The van der Waals surface area contributed by atoms with Crippen molar-refractivity contribution < 1.29 is 18.7 Å². The number of amides is 1. The summed E-state index contributed by atoms with van der Waals surface area (Å²) in [6.45, 7) is 0.422. The molecule has 0 saturated heterocycles. The zero-order valence-corrected chi connectivity index (χ0v) is 16.1. The molecule has 0 aliphatic carbocycles. The van der Waals surface area contributed by atoms with Crippen LogP contribution in [-0.2, 0) is 6.42 Å². The first kappa shape index (κ1) is 20.1. The van der Waals surface area contributed by atoms with Crippen molar-refractivity contribution in [3.05, 3.63) is 71.9 Å². The van der Waals surface area contributed by atoms with Crippen molar-refractivity contribution in [3.8, 4) is 11.5 Å². The van der Waals surface area contributed by atoms with Crippen LogP contribution in [0.3, 0.4) is 0 Å². The van der Waals surface area contributed by atoms with Crippen LogP contribution in [0.15, 0.2) is 54.9 Å². The zero-order chi connectivity index (χ0) is 20.6. The third-order valence-electron chi connectivity index (χ3n) is 4.14. The van der Waals surface area contributed by atoms with Gasteiger partial charge in [0.05, 0.1) is 14.2 Å². The molecule has 0 atom stereocenters. The quantitative estimate of drug-likeness (QED) is 0.607. The number of nitrogens with one attached hydrogen (secondary N) is 2. The molecule has 2 N–H and O–H groups in total. The summed E-state index contributed by atoms with van der Waals surface area (Å²) in [7, 11) is 3.16. The number of benzene rings is 2. The topological polar surface area (TPSA) is 85.4 Å². The van der Waals surface area contributed by atoms with E-state index in [0.717, 1.165) is 5.56 Å². The Hall–Kier alpha value is -3.68. The summed E-state index contributed by atoms with van der Waals surface area (Å²) in [6, 6.07) is 13.1. The standard InChI is InChI=1S/C21H21FN4O3/c1-28-18-7-6-14(10-19(18)29-2)8-9-23-21(27)17-12-20(25-13-24-17)26-16-5-3-4-15(22)11-16/h3-7,10-13H,8-9H2,1-2H3,(H,23,27)(H,24,25,26). The third-order valence-corrected chi connectivity index (χ3v) is 4.14. The number of carbonyl (C=O) groups is 1. The molecule has 3 aromatic rings. The van der Waals surface area contributed by atoms with Crippen LogP contribution >= 0.6 is 0 Å². The van der Waals surface area contributed by atoms with E-state index in [4.69, 9.17) is 9.47 Å². The summed E-state index contributed by atoms with van der Waals surface area (Å²) in [5, 5.41) is 5.77. The van der Waals surface area contributed by atoms with Crippen molar-refractivity contribution in [1.82, 2.24) is 15.3 Å². The average Bonchev–Trinajstić information content (AvgIpc) is 2.73. The molecule has 2 aromatic carbocycles. The fourth-order valence-corrected chi connectivity index (χ4v) is 2.71. The minimum atomic E-state index is -0.364. The molecule has 8 heteroatoms. The molecular formula is C21H21FN4O3. The van der Waals surface area contributed by atoms with Crippen LogP contribution in [0.25, 0.3) is 0 Å². The van der Waals surface area contributed by atoms with E-state index in [-0.39, 0.29) is 17.4 Å². The summed E-state index contributed by atoms with van der Waals surface area (Å²) in [5.41, 5.74) is 1.74. The van der Waals surface area contributed by atoms with E-state index in [9.17, 15) is 9.18 Å². The lowest BCUT2D eigenvalue weighted by atomic mass is 10.1. The smallest absolute Gasteiger partial charge is 0.270 e. The summed E-state index contributed by atoms with van der Waals surface area (Å²) < 4.78 is 23.8. The highest BCUT2D eigenvalue weighted by molar-refractivity contribution is 5.92. The van der Waals surface area contributed by atoms with E-state index in [1.54, 1.807) is 26.4 Å². The monoisotopic (exact) mass is 396 g/mol. The lowest BCUT2D eigenvalue weighted by Gasteiger charge is -2.10. The number of hydrogen-bond acceptors (Lipinski definition) is 6. The maximum absolute atomic E-state index is 13.3. The first-order valence-electron chi connectivity index (χ1n) is 8.93. The predicted octanol–water partition coefficient (Wildman–Crippen LogP) is 3.35. The number of ether oxygens (including phenoxy) is 2. The number of aromatic nitrogens is 2. The number of anilines is 2. The van der Waals surface area contributed by atoms with Crippen molar-refractivity contribution in [2.45, 2.75) is 6.42 Å². The molecule has 0 radical (unpaired) electrons. The van der Waals surface area contributed by atoms with Gasteiger partial charge in [-0.05, 0) is 42.3 Å². The average molecular weight is 396 g/mol. The summed E-state index contributed by atoms with van der Waals surface area (Å²) in [5.74, 6) is 1.00. The van der Waals surface area contributed by atoms with Crippen LogP contribution in [0.4, 0.5) is 15.9 Å². The number of halogens is 1. The van der Waals surface area contributed by atoms with Crippen LogP contribution in [0, 0.1) is 5.82 Å². The molecule has 0 saturated carbocycles. The number of methoxy groups -OCH3 is 2. The Morgan fingerprint density at radius 2 is 1.86 bits per heavy atom. The maximum atomic E-state index is 13.3. The second kappa shape index (κ2) is 9.50. The maximum Gasteiger partial charge on any atom is 0.270 e. The summed E-state index contributed by atoms with van der Waals surface area (Å²) in [4.78, 5) is 20.4. The third kappa shape index (κ3) is 5.41. The molecule has 0 fully saturated rings. The molecule has 0 aliphatic rings. The normalized spacial score (nSPS) is 10.3. The Kier molecular flexibility index (Phi) is 6.57. The van der Waals surface area contributed by atoms with Gasteiger partial charge < -0.3 is 20.1 Å². The molecule has 29 heavy (non-hydrogen) atoms. The van der Waals surface area contributed by atoms with E-state index in [1.807, 2.05) is 18.2 Å². The minimum Gasteiger partial charge on any atom is -0.493 e. The van der Waals surface area contributed by atoms with Gasteiger partial charge in [-0.1, -0.05) is 12.1 Å². The van der Waals surface area contributed by atoms with E-state index >= 15 is 0 Å². The van der Waals surface area contributed by atoms with Gasteiger partial charge in [0.25, 0.3) is 5.91 Å². The van der Waals surface area contributed by atoms with Crippen LogP contribution in [0.1, 0.15) is 16.1 Å². The summed E-state index contributed by atoms with van der Waals surface area (Å²) >= 11 is 0. The van der Waals surface area contributed by atoms with Gasteiger partial charge in [-0.25, -0.2) is 14.4 Å². The lowest BCUT2D eigenvalue weighted by Crippen LogP contribution is -2.26. The Labute approximate surface area is 167 Å². The Morgan fingerprint density at radius 1 is 1.03 bits per heavy atom. The van der Waals surface area contributed by atoms with Crippen molar-refractivity contribution in [2.24, 2.45) is 0 Å².